The normalized spacial score (nSPS) is 10.4. The van der Waals surface area contributed by atoms with Crippen LogP contribution in [0.2, 0.25) is 0 Å². The molecule has 1 heterocycles. The van der Waals surface area contributed by atoms with Gasteiger partial charge in [-0.3, -0.25) is 0 Å². The third-order valence-corrected chi connectivity index (χ3v) is 4.27. The first-order chi connectivity index (χ1) is 9.65. The Bertz CT molecular complexity index is 568. The van der Waals surface area contributed by atoms with Crippen molar-refractivity contribution in [1.29, 1.82) is 0 Å². The van der Waals surface area contributed by atoms with Crippen LogP contribution in [0.3, 0.4) is 0 Å². The van der Waals surface area contributed by atoms with E-state index in [1.54, 1.807) is 23.5 Å². The zero-order valence-corrected chi connectivity index (χ0v) is 13.0. The van der Waals surface area contributed by atoms with E-state index in [9.17, 15) is 4.79 Å². The van der Waals surface area contributed by atoms with E-state index in [1.165, 1.54) is 17.0 Å². The van der Waals surface area contributed by atoms with Crippen LogP contribution < -0.4 is 10.1 Å². The lowest BCUT2D eigenvalue weighted by Gasteiger charge is -2.07. The molecule has 0 saturated carbocycles. The summed E-state index contributed by atoms with van der Waals surface area (Å²) in [6, 6.07) is 8.49. The molecule has 0 bridgehead atoms. The Morgan fingerprint density at radius 1 is 1.35 bits per heavy atom. The molecule has 106 valence electrons. The molecule has 0 aliphatic rings. The molecule has 0 spiro atoms. The lowest BCUT2D eigenvalue weighted by atomic mass is 10.2. The minimum absolute atomic E-state index is 0.263. The molecule has 0 fully saturated rings. The second kappa shape index (κ2) is 7.42. The fourth-order valence-corrected chi connectivity index (χ4v) is 3.01. The van der Waals surface area contributed by atoms with Gasteiger partial charge in [0, 0.05) is 27.8 Å². The first kappa shape index (κ1) is 15.0. The van der Waals surface area contributed by atoms with Gasteiger partial charge in [0.15, 0.2) is 0 Å². The first-order valence-corrected chi connectivity index (χ1v) is 7.72. The van der Waals surface area contributed by atoms with Crippen molar-refractivity contribution in [2.45, 2.75) is 6.54 Å². The molecule has 20 heavy (non-hydrogen) atoms. The first-order valence-electron chi connectivity index (χ1n) is 6.05. The fourth-order valence-electron chi connectivity index (χ4n) is 1.59. The Balaban J connectivity index is 1.66. The summed E-state index contributed by atoms with van der Waals surface area (Å²) in [5.74, 6) is -0.254. The average Bonchev–Trinajstić information content (AvgIpc) is 2.84. The number of carboxylic acids is 1. The SMILES string of the molecule is O=C(O)c1ccc(OCCNCc2cc(Br)cs2)cc1. The number of benzene rings is 1. The summed E-state index contributed by atoms with van der Waals surface area (Å²) < 4.78 is 6.63. The molecule has 2 N–H and O–H groups in total. The molecule has 2 rings (SSSR count). The quantitative estimate of drug-likeness (QED) is 0.747. The summed E-state index contributed by atoms with van der Waals surface area (Å²) in [6.07, 6.45) is 0. The van der Waals surface area contributed by atoms with Gasteiger partial charge in [-0.05, 0) is 46.3 Å². The molecule has 0 aliphatic carbocycles. The molecule has 1 aromatic carbocycles. The van der Waals surface area contributed by atoms with E-state index >= 15 is 0 Å². The van der Waals surface area contributed by atoms with Crippen LogP contribution in [0.15, 0.2) is 40.2 Å². The topological polar surface area (TPSA) is 58.6 Å². The summed E-state index contributed by atoms with van der Waals surface area (Å²) in [4.78, 5) is 12.0. The van der Waals surface area contributed by atoms with Crippen LogP contribution >= 0.6 is 27.3 Å². The lowest BCUT2D eigenvalue weighted by molar-refractivity contribution is 0.0697. The van der Waals surface area contributed by atoms with Crippen molar-refractivity contribution in [2.24, 2.45) is 0 Å². The molecule has 0 unspecified atom stereocenters. The van der Waals surface area contributed by atoms with E-state index in [0.29, 0.717) is 12.4 Å². The van der Waals surface area contributed by atoms with Gasteiger partial charge in [0.2, 0.25) is 0 Å². The van der Waals surface area contributed by atoms with Crippen molar-refractivity contribution >= 4 is 33.2 Å². The average molecular weight is 356 g/mol. The third kappa shape index (κ3) is 4.63. The van der Waals surface area contributed by atoms with Gasteiger partial charge in [-0.15, -0.1) is 11.3 Å². The Morgan fingerprint density at radius 2 is 2.10 bits per heavy atom. The molecule has 0 amide bonds. The van der Waals surface area contributed by atoms with Crippen LogP contribution in [0.25, 0.3) is 0 Å². The predicted molar refractivity (Wildman–Crippen MR) is 82.6 cm³/mol. The highest BCUT2D eigenvalue weighted by molar-refractivity contribution is 9.10. The van der Waals surface area contributed by atoms with Gasteiger partial charge in [-0.2, -0.15) is 0 Å². The number of hydrogen-bond acceptors (Lipinski definition) is 4. The standard InChI is InChI=1S/C14H14BrNO3S/c15-11-7-13(20-9-11)8-16-5-6-19-12-3-1-10(2-4-12)14(17)18/h1-4,7,9,16H,5-6,8H2,(H,17,18). The molecule has 0 atom stereocenters. The Labute approximate surface area is 129 Å². The van der Waals surface area contributed by atoms with Crippen LogP contribution in [-0.2, 0) is 6.54 Å². The van der Waals surface area contributed by atoms with E-state index < -0.39 is 5.97 Å². The van der Waals surface area contributed by atoms with Gasteiger partial charge < -0.3 is 15.2 Å². The van der Waals surface area contributed by atoms with Crippen molar-refractivity contribution in [3.63, 3.8) is 0 Å². The molecule has 2 aromatic rings. The second-order valence-corrected chi connectivity index (χ2v) is 6.00. The summed E-state index contributed by atoms with van der Waals surface area (Å²) in [5.41, 5.74) is 0.263. The second-order valence-electron chi connectivity index (χ2n) is 4.09. The van der Waals surface area contributed by atoms with Crippen molar-refractivity contribution in [3.8, 4) is 5.75 Å². The summed E-state index contributed by atoms with van der Waals surface area (Å²) >= 11 is 5.12. The van der Waals surface area contributed by atoms with Crippen molar-refractivity contribution < 1.29 is 14.6 Å². The van der Waals surface area contributed by atoms with E-state index in [4.69, 9.17) is 9.84 Å². The largest absolute Gasteiger partial charge is 0.492 e. The predicted octanol–water partition coefficient (Wildman–Crippen LogP) is 3.38. The highest BCUT2D eigenvalue weighted by atomic mass is 79.9. The molecule has 0 aliphatic heterocycles. The Kier molecular flexibility index (Phi) is 5.58. The lowest BCUT2D eigenvalue weighted by Crippen LogP contribution is -2.20. The number of carbonyl (C=O) groups is 1. The number of thiophene rings is 1. The van der Waals surface area contributed by atoms with Crippen LogP contribution in [0, 0.1) is 0 Å². The van der Waals surface area contributed by atoms with Crippen molar-refractivity contribution in [1.82, 2.24) is 5.32 Å². The maximum Gasteiger partial charge on any atom is 0.335 e. The number of aromatic carboxylic acids is 1. The maximum atomic E-state index is 10.7. The van der Waals surface area contributed by atoms with E-state index in [-0.39, 0.29) is 5.56 Å². The van der Waals surface area contributed by atoms with Gasteiger partial charge in [0.25, 0.3) is 0 Å². The van der Waals surface area contributed by atoms with E-state index in [2.05, 4.69) is 32.7 Å². The summed E-state index contributed by atoms with van der Waals surface area (Å²) in [7, 11) is 0. The third-order valence-electron chi connectivity index (χ3n) is 2.57. The molecule has 6 heteroatoms. The molecular weight excluding hydrogens is 342 g/mol. The van der Waals surface area contributed by atoms with Gasteiger partial charge in [0.1, 0.15) is 12.4 Å². The highest BCUT2D eigenvalue weighted by Gasteiger charge is 2.02. The minimum Gasteiger partial charge on any atom is -0.492 e. The monoisotopic (exact) mass is 355 g/mol. The number of carboxylic acid groups (broad SMARTS) is 1. The van der Waals surface area contributed by atoms with Crippen LogP contribution in [-0.4, -0.2) is 24.2 Å². The number of hydrogen-bond donors (Lipinski definition) is 2. The zero-order chi connectivity index (χ0) is 14.4. The fraction of sp³-hybridized carbons (Fsp3) is 0.214. The Morgan fingerprint density at radius 3 is 2.70 bits per heavy atom. The molecule has 1 aromatic heterocycles. The minimum atomic E-state index is -0.930. The summed E-state index contributed by atoms with van der Waals surface area (Å²) in [5, 5.41) is 14.1. The summed E-state index contributed by atoms with van der Waals surface area (Å²) in [6.45, 7) is 2.09. The Hall–Kier alpha value is -1.37. The van der Waals surface area contributed by atoms with Crippen molar-refractivity contribution in [2.75, 3.05) is 13.2 Å². The molecule has 0 radical (unpaired) electrons. The zero-order valence-electron chi connectivity index (χ0n) is 10.6. The van der Waals surface area contributed by atoms with Gasteiger partial charge in [-0.25, -0.2) is 4.79 Å². The number of ether oxygens (including phenoxy) is 1. The maximum absolute atomic E-state index is 10.7. The molecule has 0 saturated heterocycles. The smallest absolute Gasteiger partial charge is 0.335 e. The van der Waals surface area contributed by atoms with E-state index in [0.717, 1.165) is 17.6 Å². The number of nitrogens with one attached hydrogen (secondary N) is 1. The number of halogens is 1. The molecule has 4 nitrogen and oxygen atoms in total. The van der Waals surface area contributed by atoms with Crippen LogP contribution in [0.4, 0.5) is 0 Å². The van der Waals surface area contributed by atoms with Gasteiger partial charge in [-0.1, -0.05) is 0 Å². The number of rotatable bonds is 7. The van der Waals surface area contributed by atoms with Crippen LogP contribution in [0.5, 0.6) is 5.75 Å². The highest BCUT2D eigenvalue weighted by Crippen LogP contribution is 2.19. The van der Waals surface area contributed by atoms with E-state index in [1.807, 2.05) is 0 Å². The van der Waals surface area contributed by atoms with Gasteiger partial charge >= 0.3 is 5.97 Å². The van der Waals surface area contributed by atoms with Gasteiger partial charge in [0.05, 0.1) is 5.56 Å². The van der Waals surface area contributed by atoms with Crippen molar-refractivity contribution in [3.05, 3.63) is 50.6 Å². The van der Waals surface area contributed by atoms with Crippen LogP contribution in [0.1, 0.15) is 15.2 Å². The molecular formula is C14H14BrNO3S.